The Labute approximate surface area is 92.0 Å². The Hall–Kier alpha value is -0.610. The molecule has 1 atom stereocenters. The SMILES string of the molecule is COC(C)(C)C(=O)NC(CCO)C(C)C. The van der Waals surface area contributed by atoms with Crippen molar-refractivity contribution in [2.75, 3.05) is 13.7 Å². The average molecular weight is 217 g/mol. The minimum atomic E-state index is -0.817. The van der Waals surface area contributed by atoms with Gasteiger partial charge >= 0.3 is 0 Å². The lowest BCUT2D eigenvalue weighted by molar-refractivity contribution is -0.140. The van der Waals surface area contributed by atoms with Crippen LogP contribution in [0.15, 0.2) is 0 Å². The molecule has 0 fully saturated rings. The van der Waals surface area contributed by atoms with Gasteiger partial charge in [-0.3, -0.25) is 4.79 Å². The first-order valence-electron chi connectivity index (χ1n) is 5.32. The quantitative estimate of drug-likeness (QED) is 0.696. The molecular weight excluding hydrogens is 194 g/mol. The third-order valence-corrected chi connectivity index (χ3v) is 2.62. The molecule has 90 valence electrons. The number of rotatable bonds is 6. The summed E-state index contributed by atoms with van der Waals surface area (Å²) in [7, 11) is 1.51. The molecule has 0 spiro atoms. The normalized spacial score (nSPS) is 14.1. The molecule has 0 aliphatic heterocycles. The summed E-state index contributed by atoms with van der Waals surface area (Å²) in [4.78, 5) is 11.8. The van der Waals surface area contributed by atoms with Crippen LogP contribution in [0.1, 0.15) is 34.1 Å². The Bertz CT molecular complexity index is 202. The van der Waals surface area contributed by atoms with Crippen molar-refractivity contribution in [3.05, 3.63) is 0 Å². The topological polar surface area (TPSA) is 58.6 Å². The number of nitrogens with one attached hydrogen (secondary N) is 1. The van der Waals surface area contributed by atoms with Crippen LogP contribution in [0.3, 0.4) is 0 Å². The first-order chi connectivity index (χ1) is 6.85. The van der Waals surface area contributed by atoms with Gasteiger partial charge in [0.1, 0.15) is 5.60 Å². The third kappa shape index (κ3) is 4.62. The summed E-state index contributed by atoms with van der Waals surface area (Å²) in [5.74, 6) is 0.158. The Morgan fingerprint density at radius 1 is 1.47 bits per heavy atom. The molecule has 1 unspecified atom stereocenters. The summed E-state index contributed by atoms with van der Waals surface area (Å²) in [6.07, 6.45) is 0.573. The van der Waals surface area contributed by atoms with Crippen LogP contribution in [0.25, 0.3) is 0 Å². The fraction of sp³-hybridized carbons (Fsp3) is 0.909. The molecule has 1 amide bonds. The Kier molecular flexibility index (Phi) is 5.83. The molecule has 2 N–H and O–H groups in total. The standard InChI is InChI=1S/C11H23NO3/c1-8(2)9(6-7-13)12-10(14)11(3,4)15-5/h8-9,13H,6-7H2,1-5H3,(H,12,14). The molecule has 0 aromatic heterocycles. The Morgan fingerprint density at radius 2 is 2.00 bits per heavy atom. The van der Waals surface area contributed by atoms with Crippen LogP contribution in [0, 0.1) is 5.92 Å². The van der Waals surface area contributed by atoms with Crippen LogP contribution < -0.4 is 5.32 Å². The van der Waals surface area contributed by atoms with Gasteiger partial charge in [0.05, 0.1) is 0 Å². The lowest BCUT2D eigenvalue weighted by atomic mass is 9.99. The van der Waals surface area contributed by atoms with Crippen molar-refractivity contribution in [3.63, 3.8) is 0 Å². The predicted molar refractivity (Wildman–Crippen MR) is 59.6 cm³/mol. The van der Waals surface area contributed by atoms with E-state index < -0.39 is 5.60 Å². The Balaban J connectivity index is 4.35. The van der Waals surface area contributed by atoms with E-state index in [4.69, 9.17) is 9.84 Å². The van der Waals surface area contributed by atoms with Crippen LogP contribution >= 0.6 is 0 Å². The van der Waals surface area contributed by atoms with E-state index >= 15 is 0 Å². The largest absolute Gasteiger partial charge is 0.396 e. The number of aliphatic hydroxyl groups is 1. The minimum absolute atomic E-state index is 0.00285. The lowest BCUT2D eigenvalue weighted by Crippen LogP contribution is -2.49. The van der Waals surface area contributed by atoms with E-state index in [1.807, 2.05) is 13.8 Å². The van der Waals surface area contributed by atoms with E-state index in [1.165, 1.54) is 7.11 Å². The molecule has 0 aliphatic rings. The van der Waals surface area contributed by atoms with Gasteiger partial charge in [-0.2, -0.15) is 0 Å². The molecule has 0 aromatic carbocycles. The minimum Gasteiger partial charge on any atom is -0.396 e. The van der Waals surface area contributed by atoms with Gasteiger partial charge in [-0.15, -0.1) is 0 Å². The summed E-state index contributed by atoms with van der Waals surface area (Å²) in [5, 5.41) is 11.8. The van der Waals surface area contributed by atoms with E-state index in [9.17, 15) is 4.79 Å². The number of amides is 1. The van der Waals surface area contributed by atoms with E-state index in [0.29, 0.717) is 12.3 Å². The van der Waals surface area contributed by atoms with Gasteiger partial charge in [0.2, 0.25) is 0 Å². The first kappa shape index (κ1) is 14.4. The Morgan fingerprint density at radius 3 is 2.33 bits per heavy atom. The maximum atomic E-state index is 11.8. The zero-order valence-electron chi connectivity index (χ0n) is 10.3. The highest BCUT2D eigenvalue weighted by atomic mass is 16.5. The monoisotopic (exact) mass is 217 g/mol. The van der Waals surface area contributed by atoms with Crippen LogP contribution in [0.2, 0.25) is 0 Å². The van der Waals surface area contributed by atoms with Crippen LogP contribution in [0.5, 0.6) is 0 Å². The second kappa shape index (κ2) is 6.08. The van der Waals surface area contributed by atoms with E-state index in [2.05, 4.69) is 5.32 Å². The van der Waals surface area contributed by atoms with Crippen molar-refractivity contribution in [2.45, 2.75) is 45.8 Å². The van der Waals surface area contributed by atoms with Crippen molar-refractivity contribution >= 4 is 5.91 Å². The van der Waals surface area contributed by atoms with Gasteiger partial charge in [-0.1, -0.05) is 13.8 Å². The second-order valence-corrected chi connectivity index (χ2v) is 4.55. The van der Waals surface area contributed by atoms with E-state index in [0.717, 1.165) is 0 Å². The van der Waals surface area contributed by atoms with Gasteiger partial charge < -0.3 is 15.2 Å². The van der Waals surface area contributed by atoms with Crippen molar-refractivity contribution in [1.29, 1.82) is 0 Å². The maximum Gasteiger partial charge on any atom is 0.251 e. The molecule has 0 saturated carbocycles. The second-order valence-electron chi connectivity index (χ2n) is 4.55. The number of methoxy groups -OCH3 is 1. The number of carbonyl (C=O) groups is 1. The van der Waals surface area contributed by atoms with E-state index in [1.54, 1.807) is 13.8 Å². The number of aliphatic hydroxyl groups excluding tert-OH is 1. The molecule has 0 heterocycles. The highest BCUT2D eigenvalue weighted by molar-refractivity contribution is 5.84. The number of hydrogen-bond acceptors (Lipinski definition) is 3. The number of hydrogen-bond donors (Lipinski definition) is 2. The maximum absolute atomic E-state index is 11.8. The summed E-state index contributed by atoms with van der Waals surface area (Å²) in [5.41, 5.74) is -0.817. The van der Waals surface area contributed by atoms with E-state index in [-0.39, 0.29) is 18.6 Å². The smallest absolute Gasteiger partial charge is 0.251 e. The van der Waals surface area contributed by atoms with Crippen molar-refractivity contribution < 1.29 is 14.6 Å². The summed E-state index contributed by atoms with van der Waals surface area (Å²) < 4.78 is 5.08. The van der Waals surface area contributed by atoms with Gasteiger partial charge in [-0.25, -0.2) is 0 Å². The van der Waals surface area contributed by atoms with Crippen molar-refractivity contribution in [2.24, 2.45) is 5.92 Å². The van der Waals surface area contributed by atoms with Crippen LogP contribution in [0.4, 0.5) is 0 Å². The van der Waals surface area contributed by atoms with Crippen LogP contribution in [-0.4, -0.2) is 36.4 Å². The zero-order chi connectivity index (χ0) is 12.1. The molecule has 15 heavy (non-hydrogen) atoms. The van der Waals surface area contributed by atoms with Crippen molar-refractivity contribution in [1.82, 2.24) is 5.32 Å². The fourth-order valence-corrected chi connectivity index (χ4v) is 1.15. The molecule has 0 bridgehead atoms. The molecular formula is C11H23NO3. The zero-order valence-corrected chi connectivity index (χ0v) is 10.3. The molecule has 0 aromatic rings. The van der Waals surface area contributed by atoms with Gasteiger partial charge in [0.15, 0.2) is 0 Å². The predicted octanol–water partition coefficient (Wildman–Crippen LogP) is 0.935. The summed E-state index contributed by atoms with van der Waals surface area (Å²) >= 11 is 0. The first-order valence-corrected chi connectivity index (χ1v) is 5.32. The highest BCUT2D eigenvalue weighted by Crippen LogP contribution is 2.11. The molecule has 4 nitrogen and oxygen atoms in total. The third-order valence-electron chi connectivity index (χ3n) is 2.62. The summed E-state index contributed by atoms with van der Waals surface area (Å²) in [6, 6.07) is -0.00285. The highest BCUT2D eigenvalue weighted by Gasteiger charge is 2.29. The average Bonchev–Trinajstić information content (AvgIpc) is 2.16. The summed E-state index contributed by atoms with van der Waals surface area (Å²) in [6.45, 7) is 7.55. The molecule has 0 saturated heterocycles. The lowest BCUT2D eigenvalue weighted by Gasteiger charge is -2.28. The molecule has 0 rings (SSSR count). The van der Waals surface area contributed by atoms with Crippen molar-refractivity contribution in [3.8, 4) is 0 Å². The fourth-order valence-electron chi connectivity index (χ4n) is 1.15. The van der Waals surface area contributed by atoms with Crippen LogP contribution in [-0.2, 0) is 9.53 Å². The molecule has 4 heteroatoms. The number of ether oxygens (including phenoxy) is 1. The van der Waals surface area contributed by atoms with Gasteiger partial charge in [0.25, 0.3) is 5.91 Å². The molecule has 0 aliphatic carbocycles. The number of carbonyl (C=O) groups excluding carboxylic acids is 1. The van der Waals surface area contributed by atoms with Gasteiger partial charge in [0, 0.05) is 19.8 Å². The molecule has 0 radical (unpaired) electrons. The van der Waals surface area contributed by atoms with Gasteiger partial charge in [-0.05, 0) is 26.2 Å².